The van der Waals surface area contributed by atoms with Crippen LogP contribution in [0.2, 0.25) is 0 Å². The number of benzene rings is 5. The average molecular weight is 651 g/mol. The molecule has 0 radical (unpaired) electrons. The van der Waals surface area contributed by atoms with E-state index >= 15 is 0 Å². The van der Waals surface area contributed by atoms with Crippen LogP contribution in [0.4, 0.5) is 17.3 Å². The highest BCUT2D eigenvalue weighted by Crippen LogP contribution is 2.39. The molecule has 0 saturated carbocycles. The number of pyridine rings is 2. The molecule has 8 rings (SSSR count). The van der Waals surface area contributed by atoms with Crippen molar-refractivity contribution in [3.05, 3.63) is 163 Å². The Bertz CT molecular complexity index is 2400. The largest absolute Gasteiger partial charge is 0.496 e. The van der Waals surface area contributed by atoms with Crippen molar-refractivity contribution in [3.63, 3.8) is 0 Å². The van der Waals surface area contributed by atoms with E-state index in [-0.39, 0.29) is 5.41 Å². The number of hydrogen-bond donors (Lipinski definition) is 0. The van der Waals surface area contributed by atoms with Gasteiger partial charge in [-0.1, -0.05) is 93.6 Å². The van der Waals surface area contributed by atoms with Crippen LogP contribution in [0.5, 0.6) is 5.75 Å². The third-order valence-electron chi connectivity index (χ3n) is 9.30. The van der Waals surface area contributed by atoms with Gasteiger partial charge in [0.15, 0.2) is 0 Å². The van der Waals surface area contributed by atoms with Crippen molar-refractivity contribution in [2.75, 3.05) is 12.0 Å². The van der Waals surface area contributed by atoms with E-state index < -0.39 is 0 Å². The molecule has 0 aliphatic carbocycles. The molecule has 244 valence electrons. The van der Waals surface area contributed by atoms with E-state index in [1.54, 1.807) is 7.11 Å². The summed E-state index contributed by atoms with van der Waals surface area (Å²) < 4.78 is 8.10. The normalized spacial score (nSPS) is 11.6. The van der Waals surface area contributed by atoms with Crippen molar-refractivity contribution >= 4 is 39.1 Å². The number of para-hydroxylation sites is 3. The second kappa shape index (κ2) is 12.7. The van der Waals surface area contributed by atoms with Gasteiger partial charge in [0.05, 0.1) is 23.8 Å². The van der Waals surface area contributed by atoms with Gasteiger partial charge in [-0.15, -0.1) is 0 Å². The SMILES string of the molecule is COc1ccccc1-c1cc(-c2cccc(N(c3ccc(-n4c5ccccc5c5ccccc54)cc3)c3ccccn3)n2)cc(C(C)(C)C)c1. The van der Waals surface area contributed by atoms with Gasteiger partial charge in [0.25, 0.3) is 0 Å². The van der Waals surface area contributed by atoms with E-state index in [0.717, 1.165) is 51.1 Å². The number of aromatic nitrogens is 3. The number of ether oxygens (including phenoxy) is 1. The van der Waals surface area contributed by atoms with Gasteiger partial charge in [-0.3, -0.25) is 4.90 Å². The lowest BCUT2D eigenvalue weighted by Crippen LogP contribution is -2.13. The number of fused-ring (bicyclic) bond motifs is 3. The number of hydrogen-bond acceptors (Lipinski definition) is 4. The van der Waals surface area contributed by atoms with Crippen LogP contribution in [0.25, 0.3) is 49.9 Å². The third kappa shape index (κ3) is 5.67. The topological polar surface area (TPSA) is 43.2 Å². The van der Waals surface area contributed by atoms with Gasteiger partial charge in [0.1, 0.15) is 17.4 Å². The van der Waals surface area contributed by atoms with Gasteiger partial charge in [0, 0.05) is 39.5 Å². The average Bonchev–Trinajstić information content (AvgIpc) is 3.50. The number of methoxy groups -OCH3 is 1. The smallest absolute Gasteiger partial charge is 0.139 e. The predicted molar refractivity (Wildman–Crippen MR) is 207 cm³/mol. The Kier molecular flexibility index (Phi) is 7.88. The fourth-order valence-electron chi connectivity index (χ4n) is 6.78. The van der Waals surface area contributed by atoms with Gasteiger partial charge in [0.2, 0.25) is 0 Å². The molecule has 0 saturated heterocycles. The van der Waals surface area contributed by atoms with E-state index in [1.807, 2.05) is 42.6 Å². The first kappa shape index (κ1) is 31.1. The first-order chi connectivity index (χ1) is 24.4. The lowest BCUT2D eigenvalue weighted by molar-refractivity contribution is 0.416. The molecule has 50 heavy (non-hydrogen) atoms. The molecule has 3 heterocycles. The van der Waals surface area contributed by atoms with E-state index in [2.05, 4.69) is 145 Å². The van der Waals surface area contributed by atoms with Gasteiger partial charge in [-0.2, -0.15) is 0 Å². The van der Waals surface area contributed by atoms with Gasteiger partial charge < -0.3 is 9.30 Å². The Hall–Kier alpha value is -6.20. The molecule has 3 aromatic heterocycles. The highest BCUT2D eigenvalue weighted by atomic mass is 16.5. The van der Waals surface area contributed by atoms with Crippen molar-refractivity contribution in [2.24, 2.45) is 0 Å². The van der Waals surface area contributed by atoms with Crippen LogP contribution in [0.1, 0.15) is 26.3 Å². The van der Waals surface area contributed by atoms with Gasteiger partial charge in [-0.05, 0) is 95.4 Å². The first-order valence-electron chi connectivity index (χ1n) is 17.0. The molecule has 0 aliphatic rings. The Balaban J connectivity index is 1.24. The fraction of sp³-hybridized carbons (Fsp3) is 0.111. The van der Waals surface area contributed by atoms with Gasteiger partial charge in [-0.25, -0.2) is 9.97 Å². The summed E-state index contributed by atoms with van der Waals surface area (Å²) >= 11 is 0. The Morgan fingerprint density at radius 2 is 1.24 bits per heavy atom. The van der Waals surface area contributed by atoms with E-state index in [9.17, 15) is 0 Å². The minimum Gasteiger partial charge on any atom is -0.496 e. The molecule has 5 aromatic carbocycles. The summed E-state index contributed by atoms with van der Waals surface area (Å²) in [5.41, 5.74) is 9.66. The summed E-state index contributed by atoms with van der Waals surface area (Å²) in [4.78, 5) is 12.2. The Morgan fingerprint density at radius 1 is 0.600 bits per heavy atom. The van der Waals surface area contributed by atoms with Crippen LogP contribution in [0.15, 0.2) is 158 Å². The van der Waals surface area contributed by atoms with Crippen LogP contribution >= 0.6 is 0 Å². The molecule has 8 aromatic rings. The van der Waals surface area contributed by atoms with Crippen LogP contribution in [0, 0.1) is 0 Å². The quantitative estimate of drug-likeness (QED) is 0.172. The van der Waals surface area contributed by atoms with E-state index in [0.29, 0.717) is 0 Å². The summed E-state index contributed by atoms with van der Waals surface area (Å²) in [5.74, 6) is 2.42. The maximum atomic E-state index is 5.76. The van der Waals surface area contributed by atoms with Crippen molar-refractivity contribution in [1.29, 1.82) is 0 Å². The summed E-state index contributed by atoms with van der Waals surface area (Å²) in [5, 5.41) is 2.49. The molecular weight excluding hydrogens is 613 g/mol. The highest BCUT2D eigenvalue weighted by Gasteiger charge is 2.20. The van der Waals surface area contributed by atoms with E-state index in [4.69, 9.17) is 14.7 Å². The maximum Gasteiger partial charge on any atom is 0.139 e. The zero-order chi connectivity index (χ0) is 34.2. The highest BCUT2D eigenvalue weighted by molar-refractivity contribution is 6.09. The van der Waals surface area contributed by atoms with Gasteiger partial charge >= 0.3 is 0 Å². The van der Waals surface area contributed by atoms with Crippen LogP contribution in [-0.4, -0.2) is 21.6 Å². The molecule has 0 unspecified atom stereocenters. The minimum atomic E-state index is -0.0670. The molecule has 0 aliphatic heterocycles. The Morgan fingerprint density at radius 3 is 1.92 bits per heavy atom. The lowest BCUT2D eigenvalue weighted by Gasteiger charge is -2.24. The summed E-state index contributed by atoms with van der Waals surface area (Å²) in [7, 11) is 1.72. The molecule has 0 amide bonds. The molecule has 0 fully saturated rings. The number of anilines is 3. The van der Waals surface area contributed by atoms with Crippen molar-refractivity contribution < 1.29 is 4.74 Å². The summed E-state index contributed by atoms with van der Waals surface area (Å²) in [6, 6.07) is 52.9. The summed E-state index contributed by atoms with van der Waals surface area (Å²) in [6.07, 6.45) is 1.82. The second-order valence-electron chi connectivity index (χ2n) is 13.5. The molecule has 0 spiro atoms. The zero-order valence-corrected chi connectivity index (χ0v) is 28.7. The monoisotopic (exact) mass is 650 g/mol. The predicted octanol–water partition coefficient (Wildman–Crippen LogP) is 11.7. The number of nitrogens with zero attached hydrogens (tertiary/aromatic N) is 4. The standard InChI is InChI=1S/C45H38N4O/c1-45(2,3)33-29-31(36-14-7-10-20-42(36)50-4)28-32(30-33)39-17-13-22-44(47-39)49(43-21-11-12-27-46-43)35-25-23-34(24-26-35)48-40-18-8-5-15-37(40)38-16-6-9-19-41(38)48/h5-30H,1-4H3. The number of rotatable bonds is 7. The second-order valence-corrected chi connectivity index (χ2v) is 13.5. The summed E-state index contributed by atoms with van der Waals surface area (Å²) in [6.45, 7) is 6.73. The maximum absolute atomic E-state index is 5.76. The molecule has 5 nitrogen and oxygen atoms in total. The first-order valence-corrected chi connectivity index (χ1v) is 17.0. The molecule has 0 atom stereocenters. The zero-order valence-electron chi connectivity index (χ0n) is 28.7. The van der Waals surface area contributed by atoms with Crippen LogP contribution in [0.3, 0.4) is 0 Å². The third-order valence-corrected chi connectivity index (χ3v) is 9.30. The van der Waals surface area contributed by atoms with E-state index in [1.165, 1.54) is 27.4 Å². The lowest BCUT2D eigenvalue weighted by atomic mass is 9.83. The Labute approximate surface area is 293 Å². The fourth-order valence-corrected chi connectivity index (χ4v) is 6.78. The molecular formula is C45H38N4O. The van der Waals surface area contributed by atoms with Crippen molar-refractivity contribution in [1.82, 2.24) is 14.5 Å². The van der Waals surface area contributed by atoms with Crippen molar-refractivity contribution in [3.8, 4) is 33.8 Å². The molecule has 0 N–H and O–H groups in total. The van der Waals surface area contributed by atoms with Crippen molar-refractivity contribution in [2.45, 2.75) is 26.2 Å². The van der Waals surface area contributed by atoms with Crippen LogP contribution < -0.4 is 9.64 Å². The molecule has 0 bridgehead atoms. The van der Waals surface area contributed by atoms with Crippen LogP contribution in [-0.2, 0) is 5.41 Å². The molecule has 5 heteroatoms. The minimum absolute atomic E-state index is 0.0670.